The molecule has 0 aliphatic heterocycles. The van der Waals surface area contributed by atoms with Crippen LogP contribution in [0.3, 0.4) is 0 Å². The Labute approximate surface area is 117 Å². The van der Waals surface area contributed by atoms with Crippen molar-refractivity contribution in [3.8, 4) is 0 Å². The van der Waals surface area contributed by atoms with Crippen molar-refractivity contribution in [1.29, 1.82) is 0 Å². The van der Waals surface area contributed by atoms with Crippen molar-refractivity contribution in [2.24, 2.45) is 5.92 Å². The van der Waals surface area contributed by atoms with Crippen LogP contribution < -0.4 is 5.32 Å². The van der Waals surface area contributed by atoms with E-state index in [4.69, 9.17) is 0 Å². The predicted molar refractivity (Wildman–Crippen MR) is 80.4 cm³/mol. The van der Waals surface area contributed by atoms with E-state index in [1.165, 1.54) is 22.3 Å². The molecule has 0 radical (unpaired) electrons. The number of rotatable bonds is 3. The summed E-state index contributed by atoms with van der Waals surface area (Å²) in [5.41, 5.74) is 5.64. The predicted octanol–water partition coefficient (Wildman–Crippen LogP) is 3.42. The fourth-order valence-electron chi connectivity index (χ4n) is 3.39. The third kappa shape index (κ3) is 3.01. The number of hydrogen-bond acceptors (Lipinski definition) is 2. The lowest BCUT2D eigenvalue weighted by Crippen LogP contribution is -2.30. The van der Waals surface area contributed by atoms with Gasteiger partial charge in [-0.3, -0.25) is 0 Å². The van der Waals surface area contributed by atoms with Crippen molar-refractivity contribution in [2.75, 3.05) is 7.05 Å². The SMILES string of the molecule is CNC(c1ccc(C)c(C)c1C)C1CCC(O)CC1. The number of aryl methyl sites for hydroxylation is 1. The second kappa shape index (κ2) is 6.06. The molecule has 2 nitrogen and oxygen atoms in total. The Bertz CT molecular complexity index is 433. The van der Waals surface area contributed by atoms with Crippen LogP contribution in [0.15, 0.2) is 12.1 Å². The van der Waals surface area contributed by atoms with Crippen molar-refractivity contribution in [3.05, 3.63) is 34.4 Å². The molecule has 0 saturated heterocycles. The molecule has 1 aliphatic carbocycles. The van der Waals surface area contributed by atoms with E-state index in [9.17, 15) is 5.11 Å². The average Bonchev–Trinajstić information content (AvgIpc) is 2.41. The molecule has 106 valence electrons. The van der Waals surface area contributed by atoms with Gasteiger partial charge in [-0.05, 0) is 81.7 Å². The molecule has 1 saturated carbocycles. The molecule has 1 aromatic carbocycles. The second-order valence-corrected chi connectivity index (χ2v) is 6.06. The van der Waals surface area contributed by atoms with Gasteiger partial charge in [0.1, 0.15) is 0 Å². The van der Waals surface area contributed by atoms with Crippen LogP contribution in [0.2, 0.25) is 0 Å². The van der Waals surface area contributed by atoms with E-state index in [0.717, 1.165) is 25.7 Å². The van der Waals surface area contributed by atoms with Gasteiger partial charge >= 0.3 is 0 Å². The quantitative estimate of drug-likeness (QED) is 0.874. The molecule has 2 rings (SSSR count). The Balaban J connectivity index is 2.25. The van der Waals surface area contributed by atoms with Crippen molar-refractivity contribution >= 4 is 0 Å². The van der Waals surface area contributed by atoms with Gasteiger partial charge in [-0.2, -0.15) is 0 Å². The molecule has 19 heavy (non-hydrogen) atoms. The Morgan fingerprint density at radius 3 is 2.26 bits per heavy atom. The van der Waals surface area contributed by atoms with E-state index in [2.05, 4.69) is 45.3 Å². The summed E-state index contributed by atoms with van der Waals surface area (Å²) in [4.78, 5) is 0. The third-order valence-corrected chi connectivity index (χ3v) is 4.96. The van der Waals surface area contributed by atoms with E-state index in [1.54, 1.807) is 0 Å². The minimum atomic E-state index is -0.0744. The Kier molecular flexibility index (Phi) is 4.64. The molecule has 0 spiro atoms. The standard InChI is InChI=1S/C17H27NO/c1-11-5-10-16(13(3)12(11)2)17(18-4)14-6-8-15(19)9-7-14/h5,10,14-15,17-19H,6-9H2,1-4H3. The van der Waals surface area contributed by atoms with Crippen molar-refractivity contribution < 1.29 is 5.11 Å². The van der Waals surface area contributed by atoms with Crippen LogP contribution in [0, 0.1) is 26.7 Å². The Morgan fingerprint density at radius 1 is 1.05 bits per heavy atom. The number of hydrogen-bond donors (Lipinski definition) is 2. The van der Waals surface area contributed by atoms with E-state index in [0.29, 0.717) is 12.0 Å². The fraction of sp³-hybridized carbons (Fsp3) is 0.647. The van der Waals surface area contributed by atoms with E-state index >= 15 is 0 Å². The molecular weight excluding hydrogens is 234 g/mol. The summed E-state index contributed by atoms with van der Waals surface area (Å²) in [6.45, 7) is 6.63. The first-order chi connectivity index (χ1) is 9.04. The summed E-state index contributed by atoms with van der Waals surface area (Å²) in [5.74, 6) is 0.647. The van der Waals surface area contributed by atoms with Crippen LogP contribution in [-0.2, 0) is 0 Å². The molecule has 2 heteroatoms. The molecule has 2 N–H and O–H groups in total. The molecule has 0 bridgehead atoms. The largest absolute Gasteiger partial charge is 0.393 e. The maximum atomic E-state index is 9.67. The topological polar surface area (TPSA) is 32.3 Å². The molecule has 1 atom stereocenters. The highest BCUT2D eigenvalue weighted by Crippen LogP contribution is 2.36. The van der Waals surface area contributed by atoms with Gasteiger partial charge in [-0.25, -0.2) is 0 Å². The maximum absolute atomic E-state index is 9.67. The lowest BCUT2D eigenvalue weighted by molar-refractivity contribution is 0.0980. The highest BCUT2D eigenvalue weighted by atomic mass is 16.3. The average molecular weight is 261 g/mol. The van der Waals surface area contributed by atoms with E-state index < -0.39 is 0 Å². The summed E-state index contributed by atoms with van der Waals surface area (Å²) in [6.07, 6.45) is 4.08. The van der Waals surface area contributed by atoms with E-state index in [1.807, 2.05) is 0 Å². The Morgan fingerprint density at radius 2 is 1.68 bits per heavy atom. The van der Waals surface area contributed by atoms with Crippen LogP contribution in [0.1, 0.15) is 54.0 Å². The normalized spacial score (nSPS) is 25.3. The first-order valence-electron chi connectivity index (χ1n) is 7.46. The van der Waals surface area contributed by atoms with Gasteiger partial charge in [-0.15, -0.1) is 0 Å². The number of nitrogens with one attached hydrogen (secondary N) is 1. The molecule has 1 unspecified atom stereocenters. The van der Waals surface area contributed by atoms with Gasteiger partial charge in [0.05, 0.1) is 6.10 Å². The lowest BCUT2D eigenvalue weighted by Gasteiger charge is -2.33. The van der Waals surface area contributed by atoms with Crippen molar-refractivity contribution in [2.45, 2.75) is 58.6 Å². The van der Waals surface area contributed by atoms with Crippen molar-refractivity contribution in [3.63, 3.8) is 0 Å². The van der Waals surface area contributed by atoms with E-state index in [-0.39, 0.29) is 6.10 Å². The molecule has 0 amide bonds. The minimum Gasteiger partial charge on any atom is -0.393 e. The lowest BCUT2D eigenvalue weighted by atomic mass is 9.78. The molecule has 0 aromatic heterocycles. The summed E-state index contributed by atoms with van der Waals surface area (Å²) in [7, 11) is 2.06. The summed E-state index contributed by atoms with van der Waals surface area (Å²) in [5, 5.41) is 13.2. The maximum Gasteiger partial charge on any atom is 0.0540 e. The first-order valence-corrected chi connectivity index (χ1v) is 7.46. The molecular formula is C17H27NO. The molecule has 1 aliphatic rings. The zero-order valence-electron chi connectivity index (χ0n) is 12.7. The first kappa shape index (κ1) is 14.5. The highest BCUT2D eigenvalue weighted by Gasteiger charge is 2.28. The smallest absolute Gasteiger partial charge is 0.0540 e. The van der Waals surface area contributed by atoms with Crippen LogP contribution >= 0.6 is 0 Å². The van der Waals surface area contributed by atoms with Crippen LogP contribution in [0.25, 0.3) is 0 Å². The van der Waals surface area contributed by atoms with Crippen LogP contribution in [0.4, 0.5) is 0 Å². The molecule has 0 heterocycles. The zero-order valence-corrected chi connectivity index (χ0v) is 12.7. The van der Waals surface area contributed by atoms with Crippen LogP contribution in [-0.4, -0.2) is 18.3 Å². The van der Waals surface area contributed by atoms with Crippen LogP contribution in [0.5, 0.6) is 0 Å². The van der Waals surface area contributed by atoms with Gasteiger partial charge in [0.25, 0.3) is 0 Å². The minimum absolute atomic E-state index is 0.0744. The van der Waals surface area contributed by atoms with Gasteiger partial charge in [-0.1, -0.05) is 12.1 Å². The molecule has 1 aromatic rings. The van der Waals surface area contributed by atoms with Gasteiger partial charge in [0, 0.05) is 6.04 Å². The summed E-state index contributed by atoms with van der Waals surface area (Å²) >= 11 is 0. The summed E-state index contributed by atoms with van der Waals surface area (Å²) < 4.78 is 0. The van der Waals surface area contributed by atoms with Crippen molar-refractivity contribution in [1.82, 2.24) is 5.32 Å². The van der Waals surface area contributed by atoms with Gasteiger partial charge < -0.3 is 10.4 Å². The van der Waals surface area contributed by atoms with Gasteiger partial charge in [0.15, 0.2) is 0 Å². The fourth-order valence-corrected chi connectivity index (χ4v) is 3.39. The second-order valence-electron chi connectivity index (χ2n) is 6.06. The zero-order chi connectivity index (χ0) is 14.0. The number of aliphatic hydroxyl groups is 1. The Hall–Kier alpha value is -0.860. The number of benzene rings is 1. The highest BCUT2D eigenvalue weighted by molar-refractivity contribution is 5.40. The monoisotopic (exact) mass is 261 g/mol. The third-order valence-electron chi connectivity index (χ3n) is 4.96. The molecule has 1 fully saturated rings. The van der Waals surface area contributed by atoms with Gasteiger partial charge in [0.2, 0.25) is 0 Å². The number of aliphatic hydroxyl groups excluding tert-OH is 1. The summed E-state index contributed by atoms with van der Waals surface area (Å²) in [6, 6.07) is 4.94.